The van der Waals surface area contributed by atoms with Gasteiger partial charge in [-0.05, 0) is 12.8 Å². The van der Waals surface area contributed by atoms with Gasteiger partial charge in [-0.1, -0.05) is 19.3 Å². The van der Waals surface area contributed by atoms with Crippen molar-refractivity contribution >= 4 is 0 Å². The van der Waals surface area contributed by atoms with Gasteiger partial charge in [0.2, 0.25) is 0 Å². The Morgan fingerprint density at radius 1 is 0.947 bits per heavy atom. The van der Waals surface area contributed by atoms with Crippen molar-refractivity contribution in [2.24, 2.45) is 0 Å². The van der Waals surface area contributed by atoms with Gasteiger partial charge in [-0.3, -0.25) is 0 Å². The van der Waals surface area contributed by atoms with E-state index >= 15 is 0 Å². The quantitative estimate of drug-likeness (QED) is 0.334. The molecule has 0 heterocycles. The summed E-state index contributed by atoms with van der Waals surface area (Å²) in [5, 5.41) is 26.8. The van der Waals surface area contributed by atoms with Crippen LogP contribution < -0.4 is 0 Å². The summed E-state index contributed by atoms with van der Waals surface area (Å²) in [5.41, 5.74) is 0. The summed E-state index contributed by atoms with van der Waals surface area (Å²) in [6.45, 7) is -0.0957. The smallest absolute Gasteiger partial charge is 0.104 e. The van der Waals surface area contributed by atoms with E-state index in [1.165, 1.54) is 19.3 Å². The third-order valence-electron chi connectivity index (χ3n) is 3.01. The Hall–Kier alpha value is 2.68. The molecule has 0 aliphatic heterocycles. The van der Waals surface area contributed by atoms with Gasteiger partial charge in [-0.15, -0.1) is 0 Å². The van der Waals surface area contributed by atoms with Gasteiger partial charge in [0.05, 0.1) is 32.5 Å². The van der Waals surface area contributed by atoms with E-state index in [0.29, 0.717) is 6.61 Å². The number of hydrogen-bond acceptors (Lipinski definition) is 5. The number of ether oxygens (including phenoxy) is 2. The minimum Gasteiger partial charge on any atom is -0.394 e. The minimum atomic E-state index is -0.890. The van der Waals surface area contributed by atoms with Crippen LogP contribution in [0.25, 0.3) is 0 Å². The van der Waals surface area contributed by atoms with Crippen LogP contribution >= 0.6 is 0 Å². The van der Waals surface area contributed by atoms with E-state index in [2.05, 4.69) is 0 Å². The van der Waals surface area contributed by atoms with Crippen LogP contribution in [-0.4, -0.2) is 60.1 Å². The normalized spacial score (nSPS) is 19.1. The zero-order valence-corrected chi connectivity index (χ0v) is 20.9. The SMILES string of the molecule is OCC(O)COC(CO)COC1CCCCC1.[Ac].[Ac]. The average Bonchev–Trinajstić information content (AvgIpc) is 2.39. The molecule has 2 radical (unpaired) electrons. The van der Waals surface area contributed by atoms with Crippen LogP contribution in [0.5, 0.6) is 0 Å². The molecule has 108 valence electrons. The summed E-state index contributed by atoms with van der Waals surface area (Å²) >= 11 is 0. The van der Waals surface area contributed by atoms with Gasteiger partial charge in [0, 0.05) is 88.1 Å². The predicted octanol–water partition coefficient (Wildman–Crippen LogP) is 0.0664. The summed E-state index contributed by atoms with van der Waals surface area (Å²) in [4.78, 5) is 0. The molecule has 3 N–H and O–H groups in total. The Balaban J connectivity index is 0. The Labute approximate surface area is 186 Å². The summed E-state index contributed by atoms with van der Waals surface area (Å²) < 4.78 is 10.9. The molecule has 0 saturated heterocycles. The molecular weight excluding hydrogens is 678 g/mol. The van der Waals surface area contributed by atoms with Crippen LogP contribution in [0, 0.1) is 88.1 Å². The number of hydrogen-bond donors (Lipinski definition) is 3. The fourth-order valence-electron chi connectivity index (χ4n) is 1.93. The first-order valence-electron chi connectivity index (χ1n) is 6.39. The Morgan fingerprint density at radius 2 is 1.58 bits per heavy atom. The molecule has 1 rings (SSSR count). The average molecular weight is 702 g/mol. The van der Waals surface area contributed by atoms with Gasteiger partial charge < -0.3 is 24.8 Å². The van der Waals surface area contributed by atoms with Crippen molar-refractivity contribution in [3.05, 3.63) is 0 Å². The van der Waals surface area contributed by atoms with Gasteiger partial charge in [-0.2, -0.15) is 0 Å². The molecular formula is C12H24Ac2O5. The van der Waals surface area contributed by atoms with Gasteiger partial charge in [0.25, 0.3) is 0 Å². The fourth-order valence-corrected chi connectivity index (χ4v) is 1.93. The maximum atomic E-state index is 9.12. The Kier molecular flexibility index (Phi) is 19.6. The summed E-state index contributed by atoms with van der Waals surface area (Å²) in [6, 6.07) is 0. The van der Waals surface area contributed by atoms with Crippen molar-refractivity contribution in [2.45, 2.75) is 50.4 Å². The second-order valence-corrected chi connectivity index (χ2v) is 4.57. The van der Waals surface area contributed by atoms with Crippen molar-refractivity contribution in [1.29, 1.82) is 0 Å². The van der Waals surface area contributed by atoms with E-state index < -0.39 is 12.2 Å². The molecule has 1 aliphatic carbocycles. The topological polar surface area (TPSA) is 79.2 Å². The van der Waals surface area contributed by atoms with Gasteiger partial charge in [-0.25, -0.2) is 0 Å². The largest absolute Gasteiger partial charge is 0.394 e. The Bertz CT molecular complexity index is 191. The Morgan fingerprint density at radius 3 is 2.11 bits per heavy atom. The molecule has 5 nitrogen and oxygen atoms in total. The van der Waals surface area contributed by atoms with Crippen molar-refractivity contribution in [2.75, 3.05) is 26.4 Å². The molecule has 0 amide bonds. The first-order chi connectivity index (χ1) is 8.26. The van der Waals surface area contributed by atoms with Crippen LogP contribution in [0.15, 0.2) is 0 Å². The van der Waals surface area contributed by atoms with Crippen LogP contribution in [0.1, 0.15) is 32.1 Å². The molecule has 2 atom stereocenters. The van der Waals surface area contributed by atoms with Gasteiger partial charge in [0.1, 0.15) is 12.2 Å². The maximum absolute atomic E-state index is 9.12. The van der Waals surface area contributed by atoms with Crippen molar-refractivity contribution in [3.8, 4) is 0 Å². The molecule has 0 aromatic carbocycles. The molecule has 0 aromatic heterocycles. The monoisotopic (exact) mass is 702 g/mol. The van der Waals surface area contributed by atoms with E-state index in [9.17, 15) is 0 Å². The van der Waals surface area contributed by atoms with Crippen LogP contribution in [0.2, 0.25) is 0 Å². The summed E-state index contributed by atoms with van der Waals surface area (Å²) in [7, 11) is 0. The second kappa shape index (κ2) is 15.6. The van der Waals surface area contributed by atoms with Crippen LogP contribution in [0.3, 0.4) is 0 Å². The number of aliphatic hydroxyl groups excluding tert-OH is 3. The second-order valence-electron chi connectivity index (χ2n) is 4.57. The minimum absolute atomic E-state index is 0. The zero-order chi connectivity index (χ0) is 12.5. The van der Waals surface area contributed by atoms with E-state index in [1.54, 1.807) is 0 Å². The third kappa shape index (κ3) is 11.8. The molecule has 0 aromatic rings. The maximum Gasteiger partial charge on any atom is 0.104 e. The van der Waals surface area contributed by atoms with Crippen molar-refractivity contribution in [1.82, 2.24) is 0 Å². The van der Waals surface area contributed by atoms with Crippen LogP contribution in [0.4, 0.5) is 0 Å². The van der Waals surface area contributed by atoms with Crippen LogP contribution in [-0.2, 0) is 9.47 Å². The van der Waals surface area contributed by atoms with Crippen molar-refractivity contribution in [3.63, 3.8) is 0 Å². The fraction of sp³-hybridized carbons (Fsp3) is 1.00. The van der Waals surface area contributed by atoms with Gasteiger partial charge in [0.15, 0.2) is 0 Å². The molecule has 1 saturated carbocycles. The molecule has 0 spiro atoms. The zero-order valence-electron chi connectivity index (χ0n) is 11.4. The van der Waals surface area contributed by atoms with Gasteiger partial charge >= 0.3 is 0 Å². The summed E-state index contributed by atoms with van der Waals surface area (Å²) in [6.07, 6.45) is 4.83. The van der Waals surface area contributed by atoms with E-state index in [1.807, 2.05) is 0 Å². The van der Waals surface area contributed by atoms with Crippen molar-refractivity contribution < 1.29 is 113 Å². The summed E-state index contributed by atoms with van der Waals surface area (Å²) in [5.74, 6) is 0. The third-order valence-corrected chi connectivity index (χ3v) is 3.01. The predicted molar refractivity (Wildman–Crippen MR) is 62.7 cm³/mol. The molecule has 2 unspecified atom stereocenters. The molecule has 7 heteroatoms. The van der Waals surface area contributed by atoms with E-state index in [4.69, 9.17) is 24.8 Å². The molecule has 19 heavy (non-hydrogen) atoms. The first-order valence-corrected chi connectivity index (χ1v) is 6.39. The van der Waals surface area contributed by atoms with E-state index in [-0.39, 0.29) is 114 Å². The standard InChI is InChI=1S/C12H24O5.2Ac/c13-6-10(15)8-16-12(7-14)9-17-11-4-2-1-3-5-11;;/h10-15H,1-9H2;;. The molecule has 1 aliphatic rings. The first kappa shape index (κ1) is 23.9. The molecule has 1 fully saturated rings. The van der Waals surface area contributed by atoms with E-state index in [0.717, 1.165) is 12.8 Å². The number of rotatable bonds is 8. The molecule has 0 bridgehead atoms. The number of aliphatic hydroxyl groups is 3.